The largest absolute Gasteiger partial charge is 0.346 e. The minimum Gasteiger partial charge on any atom is -0.346 e. The normalized spacial score (nSPS) is 23.2. The first-order chi connectivity index (χ1) is 12.5. The number of hydrogen-bond acceptors (Lipinski definition) is 3. The second kappa shape index (κ2) is 8.58. The molecule has 3 rings (SSSR count). The molecule has 0 bridgehead atoms. The molecule has 2 N–H and O–H groups in total. The summed E-state index contributed by atoms with van der Waals surface area (Å²) >= 11 is 0. The molecule has 1 saturated heterocycles. The highest BCUT2D eigenvalue weighted by atomic mass is 19.2. The number of anilines is 1. The Morgan fingerprint density at radius 3 is 2.58 bits per heavy atom. The van der Waals surface area contributed by atoms with Crippen LogP contribution in [0.3, 0.4) is 0 Å². The lowest BCUT2D eigenvalue weighted by Gasteiger charge is -2.41. The lowest BCUT2D eigenvalue weighted by molar-refractivity contribution is -0.125. The van der Waals surface area contributed by atoms with Crippen molar-refractivity contribution in [2.45, 2.75) is 32.1 Å². The maximum atomic E-state index is 13.1. The number of carbonyl (C=O) groups is 2. The maximum Gasteiger partial charge on any atom is 0.243 e. The highest BCUT2D eigenvalue weighted by Crippen LogP contribution is 2.35. The topological polar surface area (TPSA) is 61.4 Å². The van der Waals surface area contributed by atoms with Gasteiger partial charge in [-0.25, -0.2) is 8.78 Å². The van der Waals surface area contributed by atoms with Crippen molar-refractivity contribution in [1.82, 2.24) is 10.2 Å². The number of nitrogens with zero attached hydrogens (tertiary/aromatic N) is 1. The molecule has 26 heavy (non-hydrogen) atoms. The standard InChI is InChI=1S/C19H25F2N3O2/c20-16-6-5-15(9-17(16)21)23-18(25)10-22-19(26)12-24-8-7-13-3-1-2-4-14(13)11-24/h5-6,9,13-14H,1-4,7-8,10-12H2,(H,22,26)(H,23,25)/t13-,14-/m1/s1. The molecule has 1 heterocycles. The Morgan fingerprint density at radius 1 is 1.04 bits per heavy atom. The number of hydrogen-bond donors (Lipinski definition) is 2. The summed E-state index contributed by atoms with van der Waals surface area (Å²) in [7, 11) is 0. The molecule has 1 aliphatic carbocycles. The van der Waals surface area contributed by atoms with Crippen molar-refractivity contribution in [2.24, 2.45) is 11.8 Å². The van der Waals surface area contributed by atoms with Crippen LogP contribution in [0.5, 0.6) is 0 Å². The highest BCUT2D eigenvalue weighted by Gasteiger charge is 2.31. The van der Waals surface area contributed by atoms with Gasteiger partial charge in [0.1, 0.15) is 0 Å². The van der Waals surface area contributed by atoms with Crippen molar-refractivity contribution in [3.63, 3.8) is 0 Å². The first-order valence-corrected chi connectivity index (χ1v) is 9.25. The van der Waals surface area contributed by atoms with Crippen LogP contribution in [0.4, 0.5) is 14.5 Å². The summed E-state index contributed by atoms with van der Waals surface area (Å²) in [5.41, 5.74) is 0.155. The Morgan fingerprint density at radius 2 is 1.81 bits per heavy atom. The fourth-order valence-corrected chi connectivity index (χ4v) is 4.04. The molecule has 5 nitrogen and oxygen atoms in total. The second-order valence-corrected chi connectivity index (χ2v) is 7.28. The van der Waals surface area contributed by atoms with E-state index in [1.807, 2.05) is 0 Å². The molecule has 1 aromatic rings. The van der Waals surface area contributed by atoms with E-state index in [1.165, 1.54) is 31.7 Å². The van der Waals surface area contributed by atoms with E-state index in [2.05, 4.69) is 15.5 Å². The molecule has 142 valence electrons. The van der Waals surface area contributed by atoms with Crippen molar-refractivity contribution in [3.8, 4) is 0 Å². The average molecular weight is 365 g/mol. The van der Waals surface area contributed by atoms with Crippen molar-refractivity contribution < 1.29 is 18.4 Å². The second-order valence-electron chi connectivity index (χ2n) is 7.28. The third-order valence-electron chi connectivity index (χ3n) is 5.39. The molecule has 7 heteroatoms. The molecular formula is C19H25F2N3O2. The van der Waals surface area contributed by atoms with Crippen LogP contribution in [0, 0.1) is 23.5 Å². The number of fused-ring (bicyclic) bond motifs is 1. The average Bonchev–Trinajstić information content (AvgIpc) is 2.63. The number of amides is 2. The van der Waals surface area contributed by atoms with Crippen molar-refractivity contribution in [2.75, 3.05) is 31.5 Å². The summed E-state index contributed by atoms with van der Waals surface area (Å²) in [6.07, 6.45) is 6.32. The molecule has 2 fully saturated rings. The monoisotopic (exact) mass is 365 g/mol. The number of carbonyl (C=O) groups excluding carboxylic acids is 2. The van der Waals surface area contributed by atoms with Gasteiger partial charge in [0, 0.05) is 18.3 Å². The van der Waals surface area contributed by atoms with E-state index in [4.69, 9.17) is 0 Å². The highest BCUT2D eigenvalue weighted by molar-refractivity contribution is 5.94. The molecule has 2 aliphatic rings. The van der Waals surface area contributed by atoms with E-state index in [9.17, 15) is 18.4 Å². The minimum absolute atomic E-state index is 0.155. The van der Waals surface area contributed by atoms with Gasteiger partial charge in [-0.05, 0) is 43.4 Å². The van der Waals surface area contributed by atoms with E-state index >= 15 is 0 Å². The first-order valence-electron chi connectivity index (χ1n) is 9.25. The summed E-state index contributed by atoms with van der Waals surface area (Å²) in [5.74, 6) is -1.17. The number of rotatable bonds is 5. The Labute approximate surface area is 152 Å². The van der Waals surface area contributed by atoms with Gasteiger partial charge < -0.3 is 10.6 Å². The van der Waals surface area contributed by atoms with Gasteiger partial charge >= 0.3 is 0 Å². The molecule has 0 aromatic heterocycles. The fraction of sp³-hybridized carbons (Fsp3) is 0.579. The molecule has 0 spiro atoms. The zero-order valence-electron chi connectivity index (χ0n) is 14.8. The Bertz CT molecular complexity index is 668. The van der Waals surface area contributed by atoms with Gasteiger partial charge in [-0.1, -0.05) is 19.3 Å². The smallest absolute Gasteiger partial charge is 0.243 e. The predicted octanol–water partition coefficient (Wildman–Crippen LogP) is 2.53. The van der Waals surface area contributed by atoms with Crippen LogP contribution in [0.2, 0.25) is 0 Å². The molecule has 1 aliphatic heterocycles. The molecule has 1 aromatic carbocycles. The van der Waals surface area contributed by atoms with Gasteiger partial charge in [0.2, 0.25) is 11.8 Å². The molecule has 2 amide bonds. The van der Waals surface area contributed by atoms with E-state index in [0.29, 0.717) is 12.5 Å². The number of piperidine rings is 1. The van der Waals surface area contributed by atoms with Crippen LogP contribution >= 0.6 is 0 Å². The van der Waals surface area contributed by atoms with Gasteiger partial charge in [-0.2, -0.15) is 0 Å². The molecule has 0 unspecified atom stereocenters. The lowest BCUT2D eigenvalue weighted by atomic mass is 9.75. The van der Waals surface area contributed by atoms with Gasteiger partial charge in [0.05, 0.1) is 13.1 Å². The van der Waals surface area contributed by atoms with Gasteiger partial charge in [0.25, 0.3) is 0 Å². The zero-order chi connectivity index (χ0) is 18.5. The van der Waals surface area contributed by atoms with Gasteiger partial charge in [-0.3, -0.25) is 14.5 Å². The lowest BCUT2D eigenvalue weighted by Crippen LogP contribution is -2.47. The van der Waals surface area contributed by atoms with Crippen molar-refractivity contribution in [1.29, 1.82) is 0 Å². The molecule has 1 saturated carbocycles. The zero-order valence-corrected chi connectivity index (χ0v) is 14.8. The van der Waals surface area contributed by atoms with Crippen LogP contribution in [-0.2, 0) is 9.59 Å². The quantitative estimate of drug-likeness (QED) is 0.843. The third-order valence-corrected chi connectivity index (χ3v) is 5.39. The SMILES string of the molecule is O=C(CN1CC[C@H]2CCCC[C@@H]2C1)NCC(=O)Nc1ccc(F)c(F)c1. The van der Waals surface area contributed by atoms with Crippen LogP contribution in [0.15, 0.2) is 18.2 Å². The van der Waals surface area contributed by atoms with E-state index in [1.54, 1.807) is 0 Å². The van der Waals surface area contributed by atoms with Crippen molar-refractivity contribution >= 4 is 17.5 Å². The fourth-order valence-electron chi connectivity index (χ4n) is 4.04. The van der Waals surface area contributed by atoms with E-state index in [0.717, 1.165) is 37.6 Å². The molecule has 2 atom stereocenters. The van der Waals surface area contributed by atoms with Crippen LogP contribution < -0.4 is 10.6 Å². The van der Waals surface area contributed by atoms with Crippen LogP contribution in [0.25, 0.3) is 0 Å². The Balaban J connectivity index is 1.39. The molecular weight excluding hydrogens is 340 g/mol. The van der Waals surface area contributed by atoms with Crippen LogP contribution in [-0.4, -0.2) is 42.9 Å². The summed E-state index contributed by atoms with van der Waals surface area (Å²) < 4.78 is 26.0. The maximum absolute atomic E-state index is 13.1. The van der Waals surface area contributed by atoms with Gasteiger partial charge in [-0.15, -0.1) is 0 Å². The summed E-state index contributed by atoms with van der Waals surface area (Å²) in [4.78, 5) is 26.1. The Kier molecular flexibility index (Phi) is 6.19. The number of nitrogens with one attached hydrogen (secondary N) is 2. The summed E-state index contributed by atoms with van der Waals surface area (Å²) in [6.45, 7) is 1.98. The predicted molar refractivity (Wildman–Crippen MR) is 94.5 cm³/mol. The van der Waals surface area contributed by atoms with E-state index in [-0.39, 0.29) is 18.1 Å². The van der Waals surface area contributed by atoms with Crippen molar-refractivity contribution in [3.05, 3.63) is 29.8 Å². The number of likely N-dealkylation sites (tertiary alicyclic amines) is 1. The van der Waals surface area contributed by atoms with Crippen LogP contribution in [0.1, 0.15) is 32.1 Å². The van der Waals surface area contributed by atoms with Gasteiger partial charge in [0.15, 0.2) is 11.6 Å². The molecule has 0 radical (unpaired) electrons. The third kappa shape index (κ3) is 5.00. The summed E-state index contributed by atoms with van der Waals surface area (Å²) in [5, 5.41) is 5.02. The summed E-state index contributed by atoms with van der Waals surface area (Å²) in [6, 6.07) is 3.12. The number of benzene rings is 1. The van der Waals surface area contributed by atoms with E-state index < -0.39 is 17.5 Å². The minimum atomic E-state index is -1.03. The number of halogens is 2. The Hall–Kier alpha value is -2.02. The first kappa shape index (κ1) is 18.8.